The summed E-state index contributed by atoms with van der Waals surface area (Å²) in [5.41, 5.74) is 0. The number of nitrogens with zero attached hydrogens (tertiary/aromatic N) is 1. The third-order valence-electron chi connectivity index (χ3n) is 2.44. The van der Waals surface area contributed by atoms with E-state index < -0.39 is 0 Å². The maximum absolute atomic E-state index is 11.3. The summed E-state index contributed by atoms with van der Waals surface area (Å²) in [6, 6.07) is 0.814. The van der Waals surface area contributed by atoms with Crippen LogP contribution in [0, 0.1) is 0 Å². The minimum Gasteiger partial charge on any atom is -0.465 e. The van der Waals surface area contributed by atoms with Crippen LogP contribution in [0.1, 0.15) is 41.0 Å². The van der Waals surface area contributed by atoms with Gasteiger partial charge in [-0.15, -0.1) is 0 Å². The van der Waals surface area contributed by atoms with Gasteiger partial charge >= 0.3 is 5.97 Å². The first kappa shape index (κ1) is 13.4. The largest absolute Gasteiger partial charge is 0.465 e. The number of rotatable bonds is 6. The average Bonchev–Trinajstić information content (AvgIpc) is 2.13. The number of ether oxygens (including phenoxy) is 1. The summed E-state index contributed by atoms with van der Waals surface area (Å²) >= 11 is 0. The molecule has 0 radical (unpaired) electrons. The van der Waals surface area contributed by atoms with E-state index in [0.29, 0.717) is 25.2 Å². The standard InChI is InChI=1S/C11H23NO2/c1-6-10(5)12(9(3)4)8-11(13)14-7-2/h9-10H,6-8H2,1-5H3. The van der Waals surface area contributed by atoms with Crippen LogP contribution in [0.15, 0.2) is 0 Å². The number of carbonyl (C=O) groups is 1. The van der Waals surface area contributed by atoms with Crippen molar-refractivity contribution in [2.24, 2.45) is 0 Å². The molecule has 84 valence electrons. The van der Waals surface area contributed by atoms with Crippen molar-refractivity contribution >= 4 is 5.97 Å². The quantitative estimate of drug-likeness (QED) is 0.616. The lowest BCUT2D eigenvalue weighted by molar-refractivity contribution is -0.145. The van der Waals surface area contributed by atoms with Crippen LogP contribution in [0.4, 0.5) is 0 Å². The van der Waals surface area contributed by atoms with Gasteiger partial charge in [0.25, 0.3) is 0 Å². The normalized spacial score (nSPS) is 13.4. The fraction of sp³-hybridized carbons (Fsp3) is 0.909. The first-order valence-corrected chi connectivity index (χ1v) is 5.44. The van der Waals surface area contributed by atoms with E-state index in [4.69, 9.17) is 4.74 Å². The zero-order valence-electron chi connectivity index (χ0n) is 10.0. The monoisotopic (exact) mass is 201 g/mol. The van der Waals surface area contributed by atoms with Crippen molar-refractivity contribution in [1.82, 2.24) is 4.90 Å². The highest BCUT2D eigenvalue weighted by Gasteiger charge is 2.19. The second-order valence-corrected chi connectivity index (χ2v) is 3.83. The molecule has 0 aromatic carbocycles. The molecule has 0 amide bonds. The second kappa shape index (κ2) is 6.82. The van der Waals surface area contributed by atoms with Crippen molar-refractivity contribution in [1.29, 1.82) is 0 Å². The Bertz CT molecular complexity index is 169. The van der Waals surface area contributed by atoms with Gasteiger partial charge in [-0.1, -0.05) is 6.92 Å². The van der Waals surface area contributed by atoms with Gasteiger partial charge in [-0.05, 0) is 34.1 Å². The SMILES string of the molecule is CCOC(=O)CN(C(C)C)C(C)CC. The van der Waals surface area contributed by atoms with E-state index in [1.165, 1.54) is 0 Å². The molecular weight excluding hydrogens is 178 g/mol. The maximum atomic E-state index is 11.3. The van der Waals surface area contributed by atoms with Gasteiger partial charge in [0.05, 0.1) is 13.2 Å². The minimum absolute atomic E-state index is 0.124. The van der Waals surface area contributed by atoms with Gasteiger partial charge in [0.15, 0.2) is 0 Å². The Labute approximate surface area is 87.4 Å². The molecule has 0 fully saturated rings. The van der Waals surface area contributed by atoms with Crippen LogP contribution in [0.25, 0.3) is 0 Å². The van der Waals surface area contributed by atoms with Crippen LogP contribution in [0.5, 0.6) is 0 Å². The van der Waals surface area contributed by atoms with Gasteiger partial charge in [-0.3, -0.25) is 9.69 Å². The second-order valence-electron chi connectivity index (χ2n) is 3.83. The number of hydrogen-bond acceptors (Lipinski definition) is 3. The Morgan fingerprint density at radius 1 is 1.29 bits per heavy atom. The molecule has 14 heavy (non-hydrogen) atoms. The molecular formula is C11H23NO2. The molecule has 0 aromatic heterocycles. The predicted molar refractivity (Wildman–Crippen MR) is 58.2 cm³/mol. The first-order chi connectivity index (χ1) is 6.52. The molecule has 0 saturated carbocycles. The van der Waals surface area contributed by atoms with Gasteiger partial charge in [-0.2, -0.15) is 0 Å². The molecule has 0 aliphatic heterocycles. The molecule has 0 aromatic rings. The van der Waals surface area contributed by atoms with Crippen LogP contribution < -0.4 is 0 Å². The molecule has 0 N–H and O–H groups in total. The van der Waals surface area contributed by atoms with Crippen molar-refractivity contribution in [2.75, 3.05) is 13.2 Å². The molecule has 3 heteroatoms. The lowest BCUT2D eigenvalue weighted by Crippen LogP contribution is -2.42. The van der Waals surface area contributed by atoms with E-state index in [-0.39, 0.29) is 5.97 Å². The zero-order valence-corrected chi connectivity index (χ0v) is 10.0. The van der Waals surface area contributed by atoms with Crippen LogP contribution in [0.3, 0.4) is 0 Å². The summed E-state index contributed by atoms with van der Waals surface area (Å²) < 4.78 is 4.94. The predicted octanol–water partition coefficient (Wildman–Crippen LogP) is 2.06. The molecule has 0 rings (SSSR count). The van der Waals surface area contributed by atoms with Crippen LogP contribution in [0.2, 0.25) is 0 Å². The molecule has 0 bridgehead atoms. The van der Waals surface area contributed by atoms with E-state index in [1.807, 2.05) is 6.92 Å². The van der Waals surface area contributed by atoms with Crippen LogP contribution in [-0.4, -0.2) is 36.1 Å². The van der Waals surface area contributed by atoms with Crippen LogP contribution >= 0.6 is 0 Å². The van der Waals surface area contributed by atoms with E-state index in [9.17, 15) is 4.79 Å². The molecule has 0 spiro atoms. The third-order valence-corrected chi connectivity index (χ3v) is 2.44. The topological polar surface area (TPSA) is 29.5 Å². The number of carbonyl (C=O) groups excluding carboxylic acids is 1. The molecule has 0 aliphatic rings. The minimum atomic E-state index is -0.124. The molecule has 1 unspecified atom stereocenters. The highest BCUT2D eigenvalue weighted by Crippen LogP contribution is 2.08. The number of hydrogen-bond donors (Lipinski definition) is 0. The van der Waals surface area contributed by atoms with Crippen molar-refractivity contribution in [3.63, 3.8) is 0 Å². The van der Waals surface area contributed by atoms with Crippen LogP contribution in [-0.2, 0) is 9.53 Å². The molecule has 0 heterocycles. The molecule has 1 atom stereocenters. The lowest BCUT2D eigenvalue weighted by Gasteiger charge is -2.30. The molecule has 0 saturated heterocycles. The van der Waals surface area contributed by atoms with Crippen molar-refractivity contribution in [3.05, 3.63) is 0 Å². The fourth-order valence-corrected chi connectivity index (χ4v) is 1.44. The maximum Gasteiger partial charge on any atom is 0.320 e. The highest BCUT2D eigenvalue weighted by molar-refractivity contribution is 5.71. The Balaban J connectivity index is 4.16. The van der Waals surface area contributed by atoms with Gasteiger partial charge in [0.2, 0.25) is 0 Å². The van der Waals surface area contributed by atoms with Crippen molar-refractivity contribution < 1.29 is 9.53 Å². The van der Waals surface area contributed by atoms with Crippen molar-refractivity contribution in [2.45, 2.75) is 53.1 Å². The molecule has 0 aliphatic carbocycles. The summed E-state index contributed by atoms with van der Waals surface area (Å²) in [5, 5.41) is 0. The third kappa shape index (κ3) is 4.61. The summed E-state index contributed by atoms with van der Waals surface area (Å²) in [4.78, 5) is 13.5. The van der Waals surface area contributed by atoms with E-state index in [1.54, 1.807) is 0 Å². The highest BCUT2D eigenvalue weighted by atomic mass is 16.5. The van der Waals surface area contributed by atoms with Gasteiger partial charge in [-0.25, -0.2) is 0 Å². The van der Waals surface area contributed by atoms with Gasteiger partial charge in [0.1, 0.15) is 0 Å². The lowest BCUT2D eigenvalue weighted by atomic mass is 10.2. The smallest absolute Gasteiger partial charge is 0.320 e. The Morgan fingerprint density at radius 3 is 2.21 bits per heavy atom. The molecule has 3 nitrogen and oxygen atoms in total. The Hall–Kier alpha value is -0.570. The summed E-state index contributed by atoms with van der Waals surface area (Å²) in [6.45, 7) is 11.2. The van der Waals surface area contributed by atoms with Gasteiger partial charge < -0.3 is 4.74 Å². The summed E-state index contributed by atoms with van der Waals surface area (Å²) in [7, 11) is 0. The van der Waals surface area contributed by atoms with Gasteiger partial charge in [0, 0.05) is 12.1 Å². The van der Waals surface area contributed by atoms with E-state index in [2.05, 4.69) is 32.6 Å². The zero-order chi connectivity index (χ0) is 11.1. The average molecular weight is 201 g/mol. The Kier molecular flexibility index (Phi) is 6.54. The summed E-state index contributed by atoms with van der Waals surface area (Å²) in [6.07, 6.45) is 1.05. The van der Waals surface area contributed by atoms with E-state index in [0.717, 1.165) is 6.42 Å². The number of esters is 1. The first-order valence-electron chi connectivity index (χ1n) is 5.44. The fourth-order valence-electron chi connectivity index (χ4n) is 1.44. The Morgan fingerprint density at radius 2 is 1.86 bits per heavy atom. The van der Waals surface area contributed by atoms with E-state index >= 15 is 0 Å². The summed E-state index contributed by atoms with van der Waals surface area (Å²) in [5.74, 6) is -0.124. The van der Waals surface area contributed by atoms with Crippen molar-refractivity contribution in [3.8, 4) is 0 Å².